The molecular weight excluding hydrogens is 340 g/mol. The normalized spacial score (nSPS) is 11.2. The second-order valence-electron chi connectivity index (χ2n) is 5.66. The van der Waals surface area contributed by atoms with Gasteiger partial charge in [0.15, 0.2) is 5.96 Å². The first-order chi connectivity index (χ1) is 12.8. The van der Waals surface area contributed by atoms with E-state index in [1.165, 1.54) is 15.4 Å². The minimum atomic E-state index is 0.646. The molecule has 26 heavy (non-hydrogen) atoms. The van der Waals surface area contributed by atoms with Crippen molar-refractivity contribution in [2.24, 2.45) is 4.99 Å². The van der Waals surface area contributed by atoms with E-state index in [0.29, 0.717) is 6.54 Å². The van der Waals surface area contributed by atoms with Gasteiger partial charge < -0.3 is 10.6 Å². The summed E-state index contributed by atoms with van der Waals surface area (Å²) in [4.78, 5) is 11.0. The zero-order chi connectivity index (χ0) is 18.0. The zero-order valence-corrected chi connectivity index (χ0v) is 15.5. The van der Waals surface area contributed by atoms with E-state index in [0.717, 1.165) is 18.2 Å². The molecule has 0 aliphatic heterocycles. The van der Waals surface area contributed by atoms with Crippen LogP contribution >= 0.6 is 11.8 Å². The third-order valence-corrected chi connectivity index (χ3v) is 4.76. The number of guanidine groups is 1. The van der Waals surface area contributed by atoms with Gasteiger partial charge >= 0.3 is 0 Å². The first kappa shape index (κ1) is 18.0. The predicted molar refractivity (Wildman–Crippen MR) is 108 cm³/mol. The minimum absolute atomic E-state index is 0.646. The molecule has 1 aromatic heterocycles. The van der Waals surface area contributed by atoms with Crippen LogP contribution in [0.2, 0.25) is 0 Å². The van der Waals surface area contributed by atoms with E-state index in [1.54, 1.807) is 25.0 Å². The fourth-order valence-corrected chi connectivity index (χ4v) is 3.22. The number of hydrogen-bond acceptors (Lipinski definition) is 3. The largest absolute Gasteiger partial charge is 0.352 e. The van der Waals surface area contributed by atoms with E-state index < -0.39 is 0 Å². The van der Waals surface area contributed by atoms with E-state index in [4.69, 9.17) is 0 Å². The Bertz CT molecular complexity index is 818. The van der Waals surface area contributed by atoms with Gasteiger partial charge in [-0.3, -0.25) is 9.98 Å². The summed E-state index contributed by atoms with van der Waals surface area (Å²) in [6.45, 7) is 1.37. The lowest BCUT2D eigenvalue weighted by Crippen LogP contribution is -2.36. The van der Waals surface area contributed by atoms with Gasteiger partial charge in [0, 0.05) is 29.6 Å². The van der Waals surface area contributed by atoms with Gasteiger partial charge in [-0.15, -0.1) is 0 Å². The number of aliphatic imine (C=N–C) groups is 1. The van der Waals surface area contributed by atoms with Crippen molar-refractivity contribution in [1.82, 2.24) is 15.6 Å². The highest BCUT2D eigenvalue weighted by Gasteiger charge is 2.01. The van der Waals surface area contributed by atoms with Crippen LogP contribution in [0.15, 0.2) is 93.8 Å². The molecule has 0 aliphatic rings. The second kappa shape index (κ2) is 9.63. The molecule has 4 nitrogen and oxygen atoms in total. The van der Waals surface area contributed by atoms with Crippen LogP contribution in [0.1, 0.15) is 11.3 Å². The van der Waals surface area contributed by atoms with Gasteiger partial charge in [0.2, 0.25) is 0 Å². The van der Waals surface area contributed by atoms with Crippen LogP contribution in [-0.4, -0.2) is 18.0 Å². The molecule has 2 N–H and O–H groups in total. The number of pyridine rings is 1. The average Bonchev–Trinajstić information content (AvgIpc) is 2.71. The molecule has 0 fully saturated rings. The number of benzene rings is 2. The molecule has 0 unspecified atom stereocenters. The van der Waals surface area contributed by atoms with Gasteiger partial charge in [-0.1, -0.05) is 48.2 Å². The fourth-order valence-electron chi connectivity index (χ4n) is 2.38. The first-order valence-electron chi connectivity index (χ1n) is 8.50. The van der Waals surface area contributed by atoms with E-state index in [2.05, 4.69) is 69.1 Å². The number of nitrogens with one attached hydrogen (secondary N) is 2. The van der Waals surface area contributed by atoms with Crippen molar-refractivity contribution in [2.45, 2.75) is 22.9 Å². The van der Waals surface area contributed by atoms with Gasteiger partial charge in [0.25, 0.3) is 0 Å². The SMILES string of the molecule is CN=C(NCc1ccc(Sc2ccccc2)cc1)NCc1ccccn1. The van der Waals surface area contributed by atoms with E-state index in [9.17, 15) is 0 Å². The molecule has 2 aromatic carbocycles. The van der Waals surface area contributed by atoms with Gasteiger partial charge in [-0.05, 0) is 42.0 Å². The summed E-state index contributed by atoms with van der Waals surface area (Å²) in [6.07, 6.45) is 1.79. The molecule has 0 bridgehead atoms. The smallest absolute Gasteiger partial charge is 0.191 e. The molecule has 0 amide bonds. The van der Waals surface area contributed by atoms with Gasteiger partial charge in [0.1, 0.15) is 0 Å². The first-order valence-corrected chi connectivity index (χ1v) is 9.31. The van der Waals surface area contributed by atoms with E-state index in [-0.39, 0.29) is 0 Å². The lowest BCUT2D eigenvalue weighted by molar-refractivity contribution is 0.794. The maximum atomic E-state index is 4.30. The Morgan fingerprint density at radius 3 is 2.23 bits per heavy atom. The van der Waals surface area contributed by atoms with Gasteiger partial charge in [-0.2, -0.15) is 0 Å². The van der Waals surface area contributed by atoms with Crippen LogP contribution in [0.3, 0.4) is 0 Å². The van der Waals surface area contributed by atoms with Crippen LogP contribution in [-0.2, 0) is 13.1 Å². The van der Waals surface area contributed by atoms with Crippen molar-refractivity contribution in [2.75, 3.05) is 7.05 Å². The third-order valence-electron chi connectivity index (χ3n) is 3.75. The van der Waals surface area contributed by atoms with E-state index >= 15 is 0 Å². The molecule has 132 valence electrons. The Kier molecular flexibility index (Phi) is 6.67. The summed E-state index contributed by atoms with van der Waals surface area (Å²) in [6, 6.07) is 24.9. The maximum absolute atomic E-state index is 4.30. The molecule has 5 heteroatoms. The second-order valence-corrected chi connectivity index (χ2v) is 6.81. The molecule has 3 aromatic rings. The predicted octanol–water partition coefficient (Wildman–Crippen LogP) is 4.10. The molecule has 1 heterocycles. The number of rotatable bonds is 6. The highest BCUT2D eigenvalue weighted by molar-refractivity contribution is 7.99. The fraction of sp³-hybridized carbons (Fsp3) is 0.143. The van der Waals surface area contributed by atoms with Crippen molar-refractivity contribution in [3.05, 3.63) is 90.3 Å². The topological polar surface area (TPSA) is 49.3 Å². The monoisotopic (exact) mass is 362 g/mol. The van der Waals surface area contributed by atoms with Crippen LogP contribution in [0.25, 0.3) is 0 Å². The molecule has 0 spiro atoms. The Morgan fingerprint density at radius 2 is 1.54 bits per heavy atom. The number of aromatic nitrogens is 1. The van der Waals surface area contributed by atoms with Crippen molar-refractivity contribution in [3.63, 3.8) is 0 Å². The molecule has 0 aliphatic carbocycles. The molecule has 3 rings (SSSR count). The summed E-state index contributed by atoms with van der Waals surface area (Å²) in [5, 5.41) is 6.60. The number of hydrogen-bond donors (Lipinski definition) is 2. The Hall–Kier alpha value is -2.79. The summed E-state index contributed by atoms with van der Waals surface area (Å²) >= 11 is 1.77. The maximum Gasteiger partial charge on any atom is 0.191 e. The minimum Gasteiger partial charge on any atom is -0.352 e. The third kappa shape index (κ3) is 5.63. The van der Waals surface area contributed by atoms with Crippen LogP contribution in [0, 0.1) is 0 Å². The molecule has 0 radical (unpaired) electrons. The van der Waals surface area contributed by atoms with Crippen LogP contribution < -0.4 is 10.6 Å². The quantitative estimate of drug-likeness (QED) is 0.512. The van der Waals surface area contributed by atoms with Crippen LogP contribution in [0.5, 0.6) is 0 Å². The Balaban J connectivity index is 1.49. The Morgan fingerprint density at radius 1 is 0.846 bits per heavy atom. The van der Waals surface area contributed by atoms with Crippen LogP contribution in [0.4, 0.5) is 0 Å². The van der Waals surface area contributed by atoms with Gasteiger partial charge in [0.05, 0.1) is 12.2 Å². The summed E-state index contributed by atoms with van der Waals surface area (Å²) in [5.41, 5.74) is 2.20. The summed E-state index contributed by atoms with van der Waals surface area (Å²) < 4.78 is 0. The molecule has 0 saturated heterocycles. The summed E-state index contributed by atoms with van der Waals surface area (Å²) in [7, 11) is 1.77. The zero-order valence-electron chi connectivity index (χ0n) is 14.7. The van der Waals surface area contributed by atoms with Crippen molar-refractivity contribution in [1.29, 1.82) is 0 Å². The highest BCUT2D eigenvalue weighted by Crippen LogP contribution is 2.27. The Labute approximate surface area is 158 Å². The lowest BCUT2D eigenvalue weighted by Gasteiger charge is -2.12. The van der Waals surface area contributed by atoms with Crippen molar-refractivity contribution >= 4 is 17.7 Å². The standard InChI is InChI=1S/C21H22N4S/c1-22-21(25-16-18-7-5-6-14-23-18)24-15-17-10-12-20(13-11-17)26-19-8-3-2-4-9-19/h2-14H,15-16H2,1H3,(H2,22,24,25). The van der Waals surface area contributed by atoms with Crippen molar-refractivity contribution in [3.8, 4) is 0 Å². The molecular formula is C21H22N4S. The average molecular weight is 363 g/mol. The summed E-state index contributed by atoms with van der Waals surface area (Å²) in [5.74, 6) is 0.762. The van der Waals surface area contributed by atoms with E-state index in [1.807, 2.05) is 24.3 Å². The van der Waals surface area contributed by atoms with Crippen molar-refractivity contribution < 1.29 is 0 Å². The molecule has 0 atom stereocenters. The number of nitrogens with zero attached hydrogens (tertiary/aromatic N) is 2. The highest BCUT2D eigenvalue weighted by atomic mass is 32.2. The molecule has 0 saturated carbocycles. The van der Waals surface area contributed by atoms with Gasteiger partial charge in [-0.25, -0.2) is 0 Å². The lowest BCUT2D eigenvalue weighted by atomic mass is 10.2.